The first kappa shape index (κ1) is 17.5. The van der Waals surface area contributed by atoms with Crippen molar-refractivity contribution in [2.24, 2.45) is 0 Å². The van der Waals surface area contributed by atoms with Crippen LogP contribution in [0.25, 0.3) is 0 Å². The van der Waals surface area contributed by atoms with E-state index >= 15 is 0 Å². The third-order valence-corrected chi connectivity index (χ3v) is 4.55. The largest absolute Gasteiger partial charge is 0.481 e. The van der Waals surface area contributed by atoms with Gasteiger partial charge < -0.3 is 14.7 Å². The average molecular weight is 319 g/mol. The van der Waals surface area contributed by atoms with Crippen molar-refractivity contribution >= 4 is 11.9 Å². The molecular formula is C18H25NO4. The number of carboxylic acids is 1. The van der Waals surface area contributed by atoms with E-state index in [-0.39, 0.29) is 24.5 Å². The molecule has 5 heteroatoms. The van der Waals surface area contributed by atoms with Crippen molar-refractivity contribution in [3.8, 4) is 0 Å². The molecule has 0 aromatic heterocycles. The fourth-order valence-electron chi connectivity index (χ4n) is 3.26. The molecular weight excluding hydrogens is 294 g/mol. The Hall–Kier alpha value is -1.88. The topological polar surface area (TPSA) is 66.8 Å². The minimum absolute atomic E-state index is 0.00998. The second-order valence-corrected chi connectivity index (χ2v) is 6.32. The molecule has 0 spiro atoms. The summed E-state index contributed by atoms with van der Waals surface area (Å²) >= 11 is 0. The number of carboxylic acid groups (broad SMARTS) is 1. The van der Waals surface area contributed by atoms with Crippen molar-refractivity contribution in [3.05, 3.63) is 34.9 Å². The number of benzene rings is 1. The Bertz CT molecular complexity index is 584. The number of rotatable bonds is 6. The van der Waals surface area contributed by atoms with Gasteiger partial charge in [0.2, 0.25) is 5.91 Å². The Morgan fingerprint density at radius 2 is 2.09 bits per heavy atom. The van der Waals surface area contributed by atoms with Gasteiger partial charge in [0.05, 0.1) is 12.5 Å². The molecule has 2 rings (SSSR count). The number of likely N-dealkylation sites (tertiary alicyclic amines) is 1. The van der Waals surface area contributed by atoms with Crippen molar-refractivity contribution in [1.29, 1.82) is 0 Å². The summed E-state index contributed by atoms with van der Waals surface area (Å²) < 4.78 is 5.31. The van der Waals surface area contributed by atoms with E-state index in [1.54, 1.807) is 12.0 Å². The Labute approximate surface area is 137 Å². The summed E-state index contributed by atoms with van der Waals surface area (Å²) in [6.45, 7) is 4.59. The molecule has 1 amide bonds. The van der Waals surface area contributed by atoms with Crippen LogP contribution in [0.1, 0.15) is 36.0 Å². The minimum atomic E-state index is -0.876. The van der Waals surface area contributed by atoms with Crippen molar-refractivity contribution in [1.82, 2.24) is 4.90 Å². The van der Waals surface area contributed by atoms with Gasteiger partial charge in [-0.1, -0.05) is 23.8 Å². The van der Waals surface area contributed by atoms with Crippen LogP contribution in [0.3, 0.4) is 0 Å². The third-order valence-electron chi connectivity index (χ3n) is 4.55. The van der Waals surface area contributed by atoms with Gasteiger partial charge in [-0.25, -0.2) is 0 Å². The van der Waals surface area contributed by atoms with E-state index in [1.165, 1.54) is 16.7 Å². The number of carbonyl (C=O) groups is 2. The lowest BCUT2D eigenvalue weighted by atomic mass is 10.0. The highest BCUT2D eigenvalue weighted by molar-refractivity contribution is 5.78. The predicted molar refractivity (Wildman–Crippen MR) is 87.4 cm³/mol. The molecule has 0 saturated carbocycles. The first-order chi connectivity index (χ1) is 10.9. The van der Waals surface area contributed by atoms with Gasteiger partial charge in [0.25, 0.3) is 0 Å². The standard InChI is InChI=1S/C18H25NO4/c1-12-4-5-14(13(2)8-12)6-7-17(20)19-11-16(23-3)9-15(19)10-18(21)22/h4-5,8,15-16H,6-7,9-11H2,1-3H3,(H,21,22). The molecule has 126 valence electrons. The summed E-state index contributed by atoms with van der Waals surface area (Å²) in [4.78, 5) is 25.2. The number of hydrogen-bond donors (Lipinski definition) is 1. The fourth-order valence-corrected chi connectivity index (χ4v) is 3.26. The molecule has 1 heterocycles. The number of aliphatic carboxylic acids is 1. The number of methoxy groups -OCH3 is 1. The van der Waals surface area contributed by atoms with Gasteiger partial charge in [-0.15, -0.1) is 0 Å². The summed E-state index contributed by atoms with van der Waals surface area (Å²) in [6, 6.07) is 5.97. The summed E-state index contributed by atoms with van der Waals surface area (Å²) in [5, 5.41) is 9.02. The fraction of sp³-hybridized carbons (Fsp3) is 0.556. The first-order valence-electron chi connectivity index (χ1n) is 8.01. The van der Waals surface area contributed by atoms with Crippen molar-refractivity contribution in [2.45, 2.75) is 51.7 Å². The first-order valence-corrected chi connectivity index (χ1v) is 8.01. The van der Waals surface area contributed by atoms with Gasteiger partial charge >= 0.3 is 5.97 Å². The Morgan fingerprint density at radius 1 is 1.35 bits per heavy atom. The molecule has 5 nitrogen and oxygen atoms in total. The van der Waals surface area contributed by atoms with Crippen molar-refractivity contribution in [3.63, 3.8) is 0 Å². The molecule has 0 radical (unpaired) electrons. The Kier molecular flexibility index (Phi) is 5.77. The number of amides is 1. The van der Waals surface area contributed by atoms with E-state index in [9.17, 15) is 9.59 Å². The molecule has 2 atom stereocenters. The highest BCUT2D eigenvalue weighted by Gasteiger charge is 2.36. The van der Waals surface area contributed by atoms with E-state index in [1.807, 2.05) is 6.92 Å². The maximum atomic E-state index is 12.5. The molecule has 0 aliphatic carbocycles. The molecule has 1 aromatic rings. The van der Waals surface area contributed by atoms with E-state index < -0.39 is 5.97 Å². The van der Waals surface area contributed by atoms with Gasteiger partial charge in [-0.2, -0.15) is 0 Å². The van der Waals surface area contributed by atoms with Crippen LogP contribution in [-0.2, 0) is 20.7 Å². The SMILES string of the molecule is COC1CC(CC(=O)O)N(C(=O)CCc2ccc(C)cc2C)C1. The lowest BCUT2D eigenvalue weighted by molar-refractivity contribution is -0.139. The molecule has 1 aromatic carbocycles. The highest BCUT2D eigenvalue weighted by atomic mass is 16.5. The monoisotopic (exact) mass is 319 g/mol. The Balaban J connectivity index is 1.99. The van der Waals surface area contributed by atoms with Gasteiger partial charge in [-0.05, 0) is 37.8 Å². The third kappa shape index (κ3) is 4.55. The number of nitrogens with zero attached hydrogens (tertiary/aromatic N) is 1. The maximum Gasteiger partial charge on any atom is 0.305 e. The lowest BCUT2D eigenvalue weighted by Gasteiger charge is -2.23. The van der Waals surface area contributed by atoms with Crippen LogP contribution in [0.2, 0.25) is 0 Å². The van der Waals surface area contributed by atoms with E-state index in [0.29, 0.717) is 25.8 Å². The smallest absolute Gasteiger partial charge is 0.305 e. The van der Waals surface area contributed by atoms with E-state index in [4.69, 9.17) is 9.84 Å². The summed E-state index contributed by atoms with van der Waals surface area (Å²) in [6.07, 6.45) is 1.59. The van der Waals surface area contributed by atoms with Crippen LogP contribution in [0.5, 0.6) is 0 Å². The van der Waals surface area contributed by atoms with Gasteiger partial charge in [0.1, 0.15) is 0 Å². The van der Waals surface area contributed by atoms with Crippen LogP contribution < -0.4 is 0 Å². The van der Waals surface area contributed by atoms with Gasteiger partial charge in [-0.3, -0.25) is 9.59 Å². The highest BCUT2D eigenvalue weighted by Crippen LogP contribution is 2.24. The van der Waals surface area contributed by atoms with Crippen LogP contribution in [-0.4, -0.2) is 47.7 Å². The van der Waals surface area contributed by atoms with E-state index in [0.717, 1.165) is 0 Å². The second-order valence-electron chi connectivity index (χ2n) is 6.32. The molecule has 1 fully saturated rings. The maximum absolute atomic E-state index is 12.5. The van der Waals surface area contributed by atoms with Crippen LogP contribution in [0.15, 0.2) is 18.2 Å². The molecule has 1 N–H and O–H groups in total. The summed E-state index contributed by atoms with van der Waals surface area (Å²) in [5.41, 5.74) is 3.57. The molecule has 2 unspecified atom stereocenters. The quantitative estimate of drug-likeness (QED) is 0.874. The Morgan fingerprint density at radius 3 is 2.70 bits per heavy atom. The number of aryl methyl sites for hydroxylation is 3. The van der Waals surface area contributed by atoms with Crippen LogP contribution >= 0.6 is 0 Å². The van der Waals surface area contributed by atoms with Crippen molar-refractivity contribution < 1.29 is 19.4 Å². The van der Waals surface area contributed by atoms with Crippen LogP contribution in [0, 0.1) is 13.8 Å². The van der Waals surface area contributed by atoms with Crippen LogP contribution in [0.4, 0.5) is 0 Å². The summed E-state index contributed by atoms with van der Waals surface area (Å²) in [7, 11) is 1.60. The number of hydrogen-bond acceptors (Lipinski definition) is 3. The second kappa shape index (κ2) is 7.59. The van der Waals surface area contributed by atoms with Gasteiger partial charge in [0.15, 0.2) is 0 Å². The van der Waals surface area contributed by atoms with E-state index in [2.05, 4.69) is 25.1 Å². The molecule has 23 heavy (non-hydrogen) atoms. The summed E-state index contributed by atoms with van der Waals surface area (Å²) in [5.74, 6) is -0.866. The average Bonchev–Trinajstić information content (AvgIpc) is 2.88. The number of carbonyl (C=O) groups excluding carboxylic acids is 1. The molecule has 0 bridgehead atoms. The zero-order chi connectivity index (χ0) is 17.0. The number of ether oxygens (including phenoxy) is 1. The molecule has 1 saturated heterocycles. The predicted octanol–water partition coefficient (Wildman–Crippen LogP) is 2.33. The van der Waals surface area contributed by atoms with Gasteiger partial charge in [0, 0.05) is 26.1 Å². The minimum Gasteiger partial charge on any atom is -0.481 e. The molecule has 1 aliphatic heterocycles. The zero-order valence-corrected chi connectivity index (χ0v) is 14.0. The van der Waals surface area contributed by atoms with Crippen molar-refractivity contribution in [2.75, 3.05) is 13.7 Å². The normalized spacial score (nSPS) is 20.7. The lowest BCUT2D eigenvalue weighted by Crippen LogP contribution is -2.37. The molecule has 1 aliphatic rings. The zero-order valence-electron chi connectivity index (χ0n) is 14.0.